The van der Waals surface area contributed by atoms with Crippen molar-refractivity contribution in [3.8, 4) is 0 Å². The zero-order chi connectivity index (χ0) is 14.5. The molecule has 0 unspecified atom stereocenters. The number of unbranched alkanes of at least 4 members (excludes halogenated alkanes) is 4. The molecule has 0 heterocycles. The van der Waals surface area contributed by atoms with Gasteiger partial charge in [-0.3, -0.25) is 0 Å². The standard InChI is InChI=1S/C14H23IO4/c1-3-5-7-9-18-13(16)11-12(15)14(17)19-10-8-6-4-2/h11H,3-10H2,1-2H3/b12-11-. The monoisotopic (exact) mass is 382 g/mol. The first-order valence-electron chi connectivity index (χ1n) is 6.82. The second-order valence-electron chi connectivity index (χ2n) is 4.21. The maximum absolute atomic E-state index is 11.5. The largest absolute Gasteiger partial charge is 0.463 e. The Morgan fingerprint density at radius 1 is 0.947 bits per heavy atom. The Morgan fingerprint density at radius 3 is 2.00 bits per heavy atom. The van der Waals surface area contributed by atoms with Gasteiger partial charge in [-0.2, -0.15) is 0 Å². The van der Waals surface area contributed by atoms with E-state index in [1.807, 2.05) is 0 Å². The van der Waals surface area contributed by atoms with Crippen molar-refractivity contribution < 1.29 is 19.1 Å². The van der Waals surface area contributed by atoms with E-state index >= 15 is 0 Å². The van der Waals surface area contributed by atoms with Crippen LogP contribution in [0.25, 0.3) is 0 Å². The molecule has 5 heteroatoms. The third-order valence-electron chi connectivity index (χ3n) is 2.41. The number of ether oxygens (including phenoxy) is 2. The zero-order valence-electron chi connectivity index (χ0n) is 11.7. The lowest BCUT2D eigenvalue weighted by molar-refractivity contribution is -0.140. The lowest BCUT2D eigenvalue weighted by atomic mass is 10.3. The van der Waals surface area contributed by atoms with Gasteiger partial charge in [-0.15, -0.1) is 0 Å². The SMILES string of the molecule is CCCCCOC(=O)/C=C(\I)C(=O)OCCCCC. The van der Waals surface area contributed by atoms with E-state index in [9.17, 15) is 9.59 Å². The van der Waals surface area contributed by atoms with Gasteiger partial charge >= 0.3 is 11.9 Å². The summed E-state index contributed by atoms with van der Waals surface area (Å²) in [5, 5.41) is 0. The van der Waals surface area contributed by atoms with Gasteiger partial charge in [-0.05, 0) is 35.4 Å². The molecule has 0 aliphatic heterocycles. The number of hydrogen-bond acceptors (Lipinski definition) is 4. The third-order valence-corrected chi connectivity index (χ3v) is 3.16. The van der Waals surface area contributed by atoms with Crippen LogP contribution in [0.15, 0.2) is 9.66 Å². The van der Waals surface area contributed by atoms with Gasteiger partial charge in [0.05, 0.1) is 13.2 Å². The van der Waals surface area contributed by atoms with Crippen molar-refractivity contribution >= 4 is 34.5 Å². The first kappa shape index (κ1) is 18.4. The fraction of sp³-hybridized carbons (Fsp3) is 0.714. The topological polar surface area (TPSA) is 52.6 Å². The molecule has 19 heavy (non-hydrogen) atoms. The molecule has 0 rings (SSSR count). The third kappa shape index (κ3) is 11.0. The average Bonchev–Trinajstić information content (AvgIpc) is 2.39. The summed E-state index contributed by atoms with van der Waals surface area (Å²) < 4.78 is 10.3. The Labute approximate surface area is 129 Å². The van der Waals surface area contributed by atoms with Crippen molar-refractivity contribution in [2.75, 3.05) is 13.2 Å². The van der Waals surface area contributed by atoms with E-state index in [-0.39, 0.29) is 3.58 Å². The molecule has 0 aromatic rings. The Balaban J connectivity index is 3.88. The first-order valence-corrected chi connectivity index (χ1v) is 7.90. The van der Waals surface area contributed by atoms with Gasteiger partial charge in [0.15, 0.2) is 0 Å². The van der Waals surface area contributed by atoms with E-state index in [0.717, 1.165) is 38.5 Å². The maximum atomic E-state index is 11.5. The number of hydrogen-bond donors (Lipinski definition) is 0. The Kier molecular flexibility index (Phi) is 12.1. The van der Waals surface area contributed by atoms with Gasteiger partial charge in [0, 0.05) is 6.08 Å². The Morgan fingerprint density at radius 2 is 1.47 bits per heavy atom. The number of carbonyl (C=O) groups excluding carboxylic acids is 2. The minimum Gasteiger partial charge on any atom is -0.463 e. The predicted molar refractivity (Wildman–Crippen MR) is 83.1 cm³/mol. The molecule has 0 radical (unpaired) electrons. The van der Waals surface area contributed by atoms with Crippen LogP contribution >= 0.6 is 22.6 Å². The Hall–Kier alpha value is -0.590. The highest BCUT2D eigenvalue weighted by molar-refractivity contribution is 14.1. The van der Waals surface area contributed by atoms with Crippen LogP contribution in [0.3, 0.4) is 0 Å². The zero-order valence-corrected chi connectivity index (χ0v) is 13.9. The maximum Gasteiger partial charge on any atom is 0.344 e. The summed E-state index contributed by atoms with van der Waals surface area (Å²) in [4.78, 5) is 22.9. The van der Waals surface area contributed by atoms with Crippen LogP contribution < -0.4 is 0 Å². The van der Waals surface area contributed by atoms with Crippen molar-refractivity contribution in [3.63, 3.8) is 0 Å². The van der Waals surface area contributed by atoms with Crippen LogP contribution in [0.5, 0.6) is 0 Å². The molecule has 0 N–H and O–H groups in total. The van der Waals surface area contributed by atoms with Crippen molar-refractivity contribution in [2.45, 2.75) is 52.4 Å². The second kappa shape index (κ2) is 12.4. The molecule has 0 amide bonds. The summed E-state index contributed by atoms with van der Waals surface area (Å²) in [5.74, 6) is -0.937. The quantitative estimate of drug-likeness (QED) is 0.250. The van der Waals surface area contributed by atoms with Crippen LogP contribution in [-0.4, -0.2) is 25.2 Å². The van der Waals surface area contributed by atoms with Gasteiger partial charge in [0.2, 0.25) is 0 Å². The summed E-state index contributed by atoms with van der Waals surface area (Å²) in [6.45, 7) is 4.97. The molecule has 0 bridgehead atoms. The lowest BCUT2D eigenvalue weighted by Crippen LogP contribution is -2.09. The predicted octanol–water partition coefficient (Wildman–Crippen LogP) is 3.77. The molecule has 0 aromatic heterocycles. The van der Waals surface area contributed by atoms with Gasteiger partial charge in [0.25, 0.3) is 0 Å². The minimum absolute atomic E-state index is 0.259. The molecule has 0 fully saturated rings. The van der Waals surface area contributed by atoms with Gasteiger partial charge in [-0.1, -0.05) is 39.5 Å². The van der Waals surface area contributed by atoms with Crippen molar-refractivity contribution in [1.29, 1.82) is 0 Å². The summed E-state index contributed by atoms with van der Waals surface area (Å²) in [5.41, 5.74) is 0. The van der Waals surface area contributed by atoms with E-state index in [1.54, 1.807) is 22.6 Å². The highest BCUT2D eigenvalue weighted by atomic mass is 127. The van der Waals surface area contributed by atoms with E-state index in [1.165, 1.54) is 6.08 Å². The van der Waals surface area contributed by atoms with Gasteiger partial charge < -0.3 is 9.47 Å². The van der Waals surface area contributed by atoms with E-state index in [0.29, 0.717) is 13.2 Å². The molecule has 0 aromatic carbocycles. The number of esters is 2. The van der Waals surface area contributed by atoms with Crippen LogP contribution in [0.1, 0.15) is 52.4 Å². The molecule has 4 nitrogen and oxygen atoms in total. The molecule has 0 saturated heterocycles. The van der Waals surface area contributed by atoms with Crippen LogP contribution in [-0.2, 0) is 19.1 Å². The molecular weight excluding hydrogens is 359 g/mol. The molecule has 0 atom stereocenters. The number of carbonyl (C=O) groups is 2. The van der Waals surface area contributed by atoms with Crippen LogP contribution in [0.4, 0.5) is 0 Å². The van der Waals surface area contributed by atoms with Crippen LogP contribution in [0, 0.1) is 0 Å². The smallest absolute Gasteiger partial charge is 0.344 e. The van der Waals surface area contributed by atoms with E-state index in [4.69, 9.17) is 9.47 Å². The molecule has 0 aliphatic carbocycles. The first-order chi connectivity index (χ1) is 9.11. The molecule has 0 saturated carbocycles. The molecule has 0 aliphatic rings. The van der Waals surface area contributed by atoms with E-state index < -0.39 is 11.9 Å². The van der Waals surface area contributed by atoms with Gasteiger partial charge in [-0.25, -0.2) is 9.59 Å². The molecule has 110 valence electrons. The van der Waals surface area contributed by atoms with Crippen molar-refractivity contribution in [3.05, 3.63) is 9.66 Å². The second-order valence-corrected chi connectivity index (χ2v) is 5.37. The van der Waals surface area contributed by atoms with Crippen LogP contribution in [0.2, 0.25) is 0 Å². The highest BCUT2D eigenvalue weighted by Gasteiger charge is 2.10. The summed E-state index contributed by atoms with van der Waals surface area (Å²) in [6.07, 6.45) is 7.13. The lowest BCUT2D eigenvalue weighted by Gasteiger charge is -2.04. The average molecular weight is 382 g/mol. The number of halogens is 1. The fourth-order valence-electron chi connectivity index (χ4n) is 1.31. The fourth-order valence-corrected chi connectivity index (χ4v) is 1.72. The van der Waals surface area contributed by atoms with Gasteiger partial charge in [0.1, 0.15) is 3.58 Å². The van der Waals surface area contributed by atoms with Crippen molar-refractivity contribution in [2.24, 2.45) is 0 Å². The normalized spacial score (nSPS) is 11.2. The van der Waals surface area contributed by atoms with E-state index in [2.05, 4.69) is 13.8 Å². The number of rotatable bonds is 10. The summed E-state index contributed by atoms with van der Waals surface area (Å²) in [7, 11) is 0. The van der Waals surface area contributed by atoms with Crippen molar-refractivity contribution in [1.82, 2.24) is 0 Å². The molecular formula is C14H23IO4. The summed E-state index contributed by atoms with van der Waals surface area (Å²) in [6, 6.07) is 0. The minimum atomic E-state index is -0.481. The molecule has 0 spiro atoms. The summed E-state index contributed by atoms with van der Waals surface area (Å²) >= 11 is 1.80. The Bertz CT molecular complexity index is 300. The highest BCUT2D eigenvalue weighted by Crippen LogP contribution is 2.09.